The number of aryl methyl sites for hydroxylation is 2. The first-order valence-corrected chi connectivity index (χ1v) is 8.10. The largest absolute Gasteiger partial charge is 0.355 e. The molecule has 3 heterocycles. The number of carbonyl (C=O) groups excluding carboxylic acids is 1. The Balaban J connectivity index is 1.59. The lowest BCUT2D eigenvalue weighted by molar-refractivity contribution is -0.120. The summed E-state index contributed by atoms with van der Waals surface area (Å²) in [5, 5.41) is 5.66. The molecule has 2 N–H and O–H groups in total. The number of nitrogens with zero attached hydrogens (tertiary/aromatic N) is 3. The van der Waals surface area contributed by atoms with Crippen LogP contribution in [0, 0.1) is 13.8 Å². The van der Waals surface area contributed by atoms with Gasteiger partial charge in [0.15, 0.2) is 0 Å². The van der Waals surface area contributed by atoms with E-state index in [0.29, 0.717) is 18.1 Å². The van der Waals surface area contributed by atoms with Gasteiger partial charge in [-0.2, -0.15) is 9.50 Å². The molecule has 0 atom stereocenters. The molecule has 0 aliphatic heterocycles. The van der Waals surface area contributed by atoms with Crippen molar-refractivity contribution >= 4 is 23.0 Å². The SMILES string of the molecule is Cc1cc(=O)n2[nH]c(CC(=O)NCCc3ccc(C)s3)nc2n1. The molecule has 0 unspecified atom stereocenters. The summed E-state index contributed by atoms with van der Waals surface area (Å²) >= 11 is 1.73. The predicted molar refractivity (Wildman–Crippen MR) is 87.8 cm³/mol. The van der Waals surface area contributed by atoms with E-state index in [0.717, 1.165) is 6.42 Å². The van der Waals surface area contributed by atoms with Crippen LogP contribution in [-0.4, -0.2) is 32.0 Å². The quantitative estimate of drug-likeness (QED) is 0.729. The number of amides is 1. The Morgan fingerprint density at radius 3 is 2.91 bits per heavy atom. The van der Waals surface area contributed by atoms with Crippen molar-refractivity contribution < 1.29 is 4.79 Å². The molecule has 0 saturated carbocycles. The summed E-state index contributed by atoms with van der Waals surface area (Å²) < 4.78 is 1.24. The van der Waals surface area contributed by atoms with E-state index in [-0.39, 0.29) is 23.7 Å². The Hall–Kier alpha value is -2.48. The van der Waals surface area contributed by atoms with Crippen LogP contribution in [0.3, 0.4) is 0 Å². The van der Waals surface area contributed by atoms with Crippen LogP contribution in [0.25, 0.3) is 5.78 Å². The Labute approximate surface area is 136 Å². The van der Waals surface area contributed by atoms with Crippen molar-refractivity contribution in [1.29, 1.82) is 0 Å². The van der Waals surface area contributed by atoms with Crippen LogP contribution in [0.4, 0.5) is 0 Å². The average Bonchev–Trinajstić information content (AvgIpc) is 3.05. The zero-order valence-electron chi connectivity index (χ0n) is 12.9. The third kappa shape index (κ3) is 3.65. The van der Waals surface area contributed by atoms with Crippen LogP contribution in [0.5, 0.6) is 0 Å². The summed E-state index contributed by atoms with van der Waals surface area (Å²) in [7, 11) is 0. The Bertz CT molecular complexity index is 908. The predicted octanol–water partition coefficient (Wildman–Crippen LogP) is 0.997. The molecule has 0 saturated heterocycles. The molecule has 23 heavy (non-hydrogen) atoms. The molecule has 120 valence electrons. The van der Waals surface area contributed by atoms with E-state index in [1.807, 2.05) is 0 Å². The number of hydrogen-bond acceptors (Lipinski definition) is 5. The molecule has 3 aromatic rings. The maximum atomic E-state index is 12.0. The van der Waals surface area contributed by atoms with E-state index in [9.17, 15) is 9.59 Å². The van der Waals surface area contributed by atoms with Crippen molar-refractivity contribution in [2.24, 2.45) is 0 Å². The lowest BCUT2D eigenvalue weighted by Crippen LogP contribution is -2.27. The van der Waals surface area contributed by atoms with Gasteiger partial charge in [0.1, 0.15) is 5.82 Å². The van der Waals surface area contributed by atoms with Gasteiger partial charge < -0.3 is 5.32 Å². The number of hydrogen-bond donors (Lipinski definition) is 2. The zero-order valence-corrected chi connectivity index (χ0v) is 13.7. The Kier molecular flexibility index (Phi) is 4.24. The van der Waals surface area contributed by atoms with Crippen molar-refractivity contribution in [2.45, 2.75) is 26.7 Å². The third-order valence-electron chi connectivity index (χ3n) is 3.32. The first-order valence-electron chi connectivity index (χ1n) is 7.28. The molecule has 0 aromatic carbocycles. The van der Waals surface area contributed by atoms with Gasteiger partial charge in [-0.15, -0.1) is 11.3 Å². The van der Waals surface area contributed by atoms with Gasteiger partial charge in [-0.05, 0) is 32.4 Å². The molecule has 7 nitrogen and oxygen atoms in total. The third-order valence-corrected chi connectivity index (χ3v) is 4.38. The van der Waals surface area contributed by atoms with Gasteiger partial charge in [-0.3, -0.25) is 14.7 Å². The second-order valence-corrected chi connectivity index (χ2v) is 6.70. The molecule has 8 heteroatoms. The summed E-state index contributed by atoms with van der Waals surface area (Å²) in [6.45, 7) is 4.37. The fraction of sp³-hybridized carbons (Fsp3) is 0.333. The summed E-state index contributed by atoms with van der Waals surface area (Å²) in [6, 6.07) is 5.56. The van der Waals surface area contributed by atoms with Crippen LogP contribution < -0.4 is 10.9 Å². The molecular weight excluding hydrogens is 314 g/mol. The highest BCUT2D eigenvalue weighted by atomic mass is 32.1. The van der Waals surface area contributed by atoms with E-state index in [4.69, 9.17) is 0 Å². The van der Waals surface area contributed by atoms with Crippen LogP contribution in [0.15, 0.2) is 23.0 Å². The standard InChI is InChI=1S/C15H17N5O2S/c1-9-7-14(22)20-15(17-9)18-12(19-20)8-13(21)16-6-5-11-4-3-10(2)23-11/h3-4,7H,5-6,8H2,1-2H3,(H,16,21)(H,17,18,19). The molecule has 0 fully saturated rings. The maximum absolute atomic E-state index is 12.0. The Morgan fingerprint density at radius 1 is 1.35 bits per heavy atom. The summed E-state index contributed by atoms with van der Waals surface area (Å²) in [5.74, 6) is 0.568. The minimum absolute atomic E-state index is 0.0886. The molecule has 0 aliphatic carbocycles. The number of nitrogens with one attached hydrogen (secondary N) is 2. The molecular formula is C15H17N5O2S. The monoisotopic (exact) mass is 331 g/mol. The minimum atomic E-state index is -0.236. The van der Waals surface area contributed by atoms with Crippen molar-refractivity contribution in [3.8, 4) is 0 Å². The number of carbonyl (C=O) groups is 1. The molecule has 0 bridgehead atoms. The van der Waals surface area contributed by atoms with E-state index in [1.165, 1.54) is 20.3 Å². The molecule has 3 rings (SSSR count). The molecule has 1 amide bonds. The van der Waals surface area contributed by atoms with Gasteiger partial charge in [0.05, 0.1) is 6.42 Å². The average molecular weight is 331 g/mol. The maximum Gasteiger partial charge on any atom is 0.274 e. The summed E-state index contributed by atoms with van der Waals surface area (Å²) in [6.07, 6.45) is 0.899. The van der Waals surface area contributed by atoms with Crippen molar-refractivity contribution in [2.75, 3.05) is 6.54 Å². The number of aromatic amines is 1. The number of H-pyrrole nitrogens is 1. The van der Waals surface area contributed by atoms with Gasteiger partial charge in [0, 0.05) is 28.1 Å². The van der Waals surface area contributed by atoms with Gasteiger partial charge in [0.25, 0.3) is 11.3 Å². The lowest BCUT2D eigenvalue weighted by Gasteiger charge is -2.02. The molecule has 0 radical (unpaired) electrons. The zero-order chi connectivity index (χ0) is 16.4. The van der Waals surface area contributed by atoms with Crippen LogP contribution in [0.1, 0.15) is 21.3 Å². The number of aromatic nitrogens is 4. The highest BCUT2D eigenvalue weighted by molar-refractivity contribution is 7.11. The van der Waals surface area contributed by atoms with Gasteiger partial charge in [-0.25, -0.2) is 4.98 Å². The van der Waals surface area contributed by atoms with Crippen LogP contribution >= 0.6 is 11.3 Å². The van der Waals surface area contributed by atoms with Crippen molar-refractivity contribution in [3.63, 3.8) is 0 Å². The lowest BCUT2D eigenvalue weighted by atomic mass is 10.3. The molecule has 0 spiro atoms. The highest BCUT2D eigenvalue weighted by Gasteiger charge is 2.10. The fourth-order valence-corrected chi connectivity index (χ4v) is 3.16. The summed E-state index contributed by atoms with van der Waals surface area (Å²) in [5.41, 5.74) is 0.364. The van der Waals surface area contributed by atoms with Crippen LogP contribution in [-0.2, 0) is 17.6 Å². The summed E-state index contributed by atoms with van der Waals surface area (Å²) in [4.78, 5) is 34.6. The smallest absolute Gasteiger partial charge is 0.274 e. The minimum Gasteiger partial charge on any atom is -0.355 e. The van der Waals surface area contributed by atoms with Gasteiger partial charge in [0.2, 0.25) is 5.91 Å². The highest BCUT2D eigenvalue weighted by Crippen LogP contribution is 2.14. The van der Waals surface area contributed by atoms with Crippen LogP contribution in [0.2, 0.25) is 0 Å². The second kappa shape index (κ2) is 6.33. The van der Waals surface area contributed by atoms with Crippen molar-refractivity contribution in [1.82, 2.24) is 24.9 Å². The normalized spacial score (nSPS) is 11.0. The second-order valence-electron chi connectivity index (χ2n) is 5.33. The van der Waals surface area contributed by atoms with Crippen molar-refractivity contribution in [3.05, 3.63) is 49.8 Å². The van der Waals surface area contributed by atoms with E-state index in [2.05, 4.69) is 39.4 Å². The fourth-order valence-electron chi connectivity index (χ4n) is 2.27. The topological polar surface area (TPSA) is 92.1 Å². The van der Waals surface area contributed by atoms with E-state index in [1.54, 1.807) is 18.3 Å². The van der Waals surface area contributed by atoms with E-state index < -0.39 is 0 Å². The van der Waals surface area contributed by atoms with Gasteiger partial charge >= 0.3 is 0 Å². The first-order chi connectivity index (χ1) is 11.0. The van der Waals surface area contributed by atoms with Gasteiger partial charge in [-0.1, -0.05) is 0 Å². The molecule has 3 aromatic heterocycles. The Morgan fingerprint density at radius 2 is 2.17 bits per heavy atom. The van der Waals surface area contributed by atoms with E-state index >= 15 is 0 Å². The first kappa shape index (κ1) is 15.4. The number of fused-ring (bicyclic) bond motifs is 1. The number of rotatable bonds is 5. The molecule has 0 aliphatic rings. The number of thiophene rings is 1.